The molecule has 2 heterocycles. The third-order valence-electron chi connectivity index (χ3n) is 5.34. The van der Waals surface area contributed by atoms with Crippen LogP contribution in [-0.4, -0.2) is 35.4 Å². The summed E-state index contributed by atoms with van der Waals surface area (Å²) in [5.74, 6) is 0.0791. The van der Waals surface area contributed by atoms with E-state index in [1.165, 1.54) is 23.7 Å². The number of hydrogen-bond acceptors (Lipinski definition) is 6. The highest BCUT2D eigenvalue weighted by Crippen LogP contribution is 2.25. The molecule has 0 fully saturated rings. The SMILES string of the molecule is Cn1c(=O)c2c(nc(NCCc3ccc(O)c(O)c3)n2Cc2ccc(Cl)cc2)n(C)c1=O. The van der Waals surface area contributed by atoms with Crippen molar-refractivity contribution < 1.29 is 10.2 Å². The second kappa shape index (κ2) is 8.43. The van der Waals surface area contributed by atoms with Crippen molar-refractivity contribution in [1.82, 2.24) is 18.7 Å². The monoisotopic (exact) mass is 455 g/mol. The minimum Gasteiger partial charge on any atom is -0.504 e. The Morgan fingerprint density at radius 2 is 1.66 bits per heavy atom. The van der Waals surface area contributed by atoms with Crippen LogP contribution in [0.3, 0.4) is 0 Å². The molecule has 0 aliphatic carbocycles. The van der Waals surface area contributed by atoms with Crippen LogP contribution >= 0.6 is 11.6 Å². The highest BCUT2D eigenvalue weighted by atomic mass is 35.5. The molecule has 0 saturated heterocycles. The molecule has 0 radical (unpaired) electrons. The van der Waals surface area contributed by atoms with E-state index in [1.807, 2.05) is 12.1 Å². The second-order valence-electron chi connectivity index (χ2n) is 7.53. The van der Waals surface area contributed by atoms with Gasteiger partial charge in [0.25, 0.3) is 5.56 Å². The van der Waals surface area contributed by atoms with Crippen molar-refractivity contribution >= 4 is 28.7 Å². The fraction of sp³-hybridized carbons (Fsp3) is 0.227. The average molecular weight is 456 g/mol. The summed E-state index contributed by atoms with van der Waals surface area (Å²) >= 11 is 6.00. The van der Waals surface area contributed by atoms with E-state index in [0.29, 0.717) is 36.0 Å². The lowest BCUT2D eigenvalue weighted by Crippen LogP contribution is -2.37. The highest BCUT2D eigenvalue weighted by molar-refractivity contribution is 6.30. The topological polar surface area (TPSA) is 114 Å². The molecule has 0 aliphatic heterocycles. The zero-order valence-electron chi connectivity index (χ0n) is 17.5. The first kappa shape index (κ1) is 21.5. The van der Waals surface area contributed by atoms with Crippen LogP contribution in [0.2, 0.25) is 5.02 Å². The maximum Gasteiger partial charge on any atom is 0.332 e. The first-order valence-corrected chi connectivity index (χ1v) is 10.3. The van der Waals surface area contributed by atoms with Gasteiger partial charge in [-0.3, -0.25) is 18.5 Å². The van der Waals surface area contributed by atoms with Crippen LogP contribution in [0.5, 0.6) is 11.5 Å². The number of nitrogens with one attached hydrogen (secondary N) is 1. The fourth-order valence-electron chi connectivity index (χ4n) is 3.55. The van der Waals surface area contributed by atoms with Gasteiger partial charge in [0.1, 0.15) is 0 Å². The minimum atomic E-state index is -0.454. The van der Waals surface area contributed by atoms with Gasteiger partial charge in [-0.2, -0.15) is 4.98 Å². The standard InChI is InChI=1S/C22H22ClN5O4/c1-26-19-18(20(31)27(2)22(26)32)28(12-14-3-6-15(23)7-4-14)21(25-19)24-10-9-13-5-8-16(29)17(30)11-13/h3-8,11,29-30H,9-10,12H2,1-2H3,(H,24,25). The number of anilines is 1. The van der Waals surface area contributed by atoms with Crippen LogP contribution in [-0.2, 0) is 27.1 Å². The summed E-state index contributed by atoms with van der Waals surface area (Å²) in [5, 5.41) is 23.0. The van der Waals surface area contributed by atoms with Crippen LogP contribution in [0, 0.1) is 0 Å². The number of benzene rings is 2. The summed E-state index contributed by atoms with van der Waals surface area (Å²) in [4.78, 5) is 29.8. The maximum atomic E-state index is 12.9. The smallest absolute Gasteiger partial charge is 0.332 e. The van der Waals surface area contributed by atoms with E-state index < -0.39 is 11.2 Å². The quantitative estimate of drug-likeness (QED) is 0.384. The molecule has 4 aromatic rings. The van der Waals surface area contributed by atoms with Crippen molar-refractivity contribution in [1.29, 1.82) is 0 Å². The van der Waals surface area contributed by atoms with Crippen molar-refractivity contribution in [3.8, 4) is 11.5 Å². The normalized spacial score (nSPS) is 11.2. The molecule has 2 aromatic carbocycles. The maximum absolute atomic E-state index is 12.9. The van der Waals surface area contributed by atoms with Gasteiger partial charge in [0.15, 0.2) is 22.7 Å². The largest absolute Gasteiger partial charge is 0.504 e. The molecule has 10 heteroatoms. The van der Waals surface area contributed by atoms with Crippen molar-refractivity contribution in [2.75, 3.05) is 11.9 Å². The molecular formula is C22H22ClN5O4. The Balaban J connectivity index is 1.72. The van der Waals surface area contributed by atoms with Gasteiger partial charge >= 0.3 is 5.69 Å². The number of phenols is 2. The molecule has 2 aromatic heterocycles. The van der Waals surface area contributed by atoms with Crippen molar-refractivity contribution in [2.24, 2.45) is 14.1 Å². The zero-order valence-corrected chi connectivity index (χ0v) is 18.3. The van der Waals surface area contributed by atoms with Crippen LogP contribution in [0.15, 0.2) is 52.1 Å². The van der Waals surface area contributed by atoms with Gasteiger partial charge in [-0.25, -0.2) is 4.79 Å². The predicted octanol–water partition coefficient (Wildman–Crippen LogP) is 2.20. The third-order valence-corrected chi connectivity index (χ3v) is 5.59. The van der Waals surface area contributed by atoms with E-state index in [4.69, 9.17) is 11.6 Å². The number of aromatic hydroxyl groups is 2. The van der Waals surface area contributed by atoms with Gasteiger partial charge in [-0.05, 0) is 41.8 Å². The Morgan fingerprint density at radius 1 is 0.969 bits per heavy atom. The second-order valence-corrected chi connectivity index (χ2v) is 7.96. The molecule has 0 amide bonds. The van der Waals surface area contributed by atoms with Gasteiger partial charge in [-0.1, -0.05) is 29.8 Å². The van der Waals surface area contributed by atoms with Crippen molar-refractivity contribution in [3.63, 3.8) is 0 Å². The zero-order chi connectivity index (χ0) is 23.0. The van der Waals surface area contributed by atoms with E-state index >= 15 is 0 Å². The van der Waals surface area contributed by atoms with Crippen LogP contribution in [0.4, 0.5) is 5.95 Å². The van der Waals surface area contributed by atoms with Crippen LogP contribution < -0.4 is 16.6 Å². The van der Waals surface area contributed by atoms with E-state index in [2.05, 4.69) is 10.3 Å². The molecule has 0 saturated carbocycles. The molecule has 4 rings (SSSR count). The molecule has 0 aliphatic rings. The Morgan fingerprint density at radius 3 is 2.34 bits per heavy atom. The highest BCUT2D eigenvalue weighted by Gasteiger charge is 2.19. The molecule has 3 N–H and O–H groups in total. The lowest BCUT2D eigenvalue weighted by Gasteiger charge is -2.11. The molecular weight excluding hydrogens is 434 g/mol. The Kier molecular flexibility index (Phi) is 5.67. The van der Waals surface area contributed by atoms with Crippen molar-refractivity contribution in [3.05, 3.63) is 79.5 Å². The molecule has 9 nitrogen and oxygen atoms in total. The van der Waals surface area contributed by atoms with Gasteiger partial charge in [0, 0.05) is 25.7 Å². The van der Waals surface area contributed by atoms with Crippen LogP contribution in [0.25, 0.3) is 11.2 Å². The summed E-state index contributed by atoms with van der Waals surface area (Å²) in [7, 11) is 3.01. The first-order chi connectivity index (χ1) is 15.3. The van der Waals surface area contributed by atoms with Gasteiger partial charge in [-0.15, -0.1) is 0 Å². The van der Waals surface area contributed by atoms with E-state index in [1.54, 1.807) is 29.8 Å². The Hall–Kier alpha value is -3.72. The van der Waals surface area contributed by atoms with E-state index in [-0.39, 0.29) is 17.1 Å². The molecule has 166 valence electrons. The number of nitrogens with zero attached hydrogens (tertiary/aromatic N) is 4. The van der Waals surface area contributed by atoms with E-state index in [0.717, 1.165) is 15.7 Å². The number of rotatable bonds is 6. The Labute approximate surface area is 187 Å². The number of fused-ring (bicyclic) bond motifs is 1. The number of aryl methyl sites for hydroxylation is 1. The summed E-state index contributed by atoms with van der Waals surface area (Å²) in [5.41, 5.74) is 1.45. The minimum absolute atomic E-state index is 0.178. The first-order valence-electron chi connectivity index (χ1n) is 9.91. The lowest BCUT2D eigenvalue weighted by molar-refractivity contribution is 0.403. The number of phenolic OH excluding ortho intramolecular Hbond substituents is 2. The molecule has 0 unspecified atom stereocenters. The summed E-state index contributed by atoms with van der Waals surface area (Å²) in [6.45, 7) is 0.797. The number of imidazole rings is 1. The number of hydrogen-bond donors (Lipinski definition) is 3. The summed E-state index contributed by atoms with van der Waals surface area (Å²) < 4.78 is 4.15. The molecule has 0 atom stereocenters. The third kappa shape index (κ3) is 3.94. The Bertz CT molecular complexity index is 1420. The molecule has 32 heavy (non-hydrogen) atoms. The molecule has 0 bridgehead atoms. The lowest BCUT2D eigenvalue weighted by atomic mass is 10.1. The van der Waals surface area contributed by atoms with Crippen molar-refractivity contribution in [2.45, 2.75) is 13.0 Å². The van der Waals surface area contributed by atoms with Gasteiger partial charge in [0.05, 0.1) is 6.54 Å². The van der Waals surface area contributed by atoms with Gasteiger partial charge in [0.2, 0.25) is 5.95 Å². The fourth-order valence-corrected chi connectivity index (χ4v) is 3.68. The average Bonchev–Trinajstić information content (AvgIpc) is 3.13. The van der Waals surface area contributed by atoms with Gasteiger partial charge < -0.3 is 15.5 Å². The summed E-state index contributed by atoms with van der Waals surface area (Å²) in [6, 6.07) is 11.9. The van der Waals surface area contributed by atoms with Crippen LogP contribution in [0.1, 0.15) is 11.1 Å². The predicted molar refractivity (Wildman–Crippen MR) is 123 cm³/mol. The number of aromatic nitrogens is 4. The number of halogens is 1. The van der Waals surface area contributed by atoms with E-state index in [9.17, 15) is 19.8 Å². The molecule has 0 spiro atoms. The summed E-state index contributed by atoms with van der Waals surface area (Å²) in [6.07, 6.45) is 0.537.